The molecule has 0 aliphatic carbocycles. The number of aromatic nitrogens is 2. The molecule has 0 bridgehead atoms. The third kappa shape index (κ3) is 3.68. The van der Waals surface area contributed by atoms with E-state index in [9.17, 15) is 13.6 Å². The van der Waals surface area contributed by atoms with Crippen LogP contribution in [-0.4, -0.2) is 22.3 Å². The van der Waals surface area contributed by atoms with Crippen LogP contribution in [0.15, 0.2) is 35.0 Å². The van der Waals surface area contributed by atoms with Gasteiger partial charge in [0, 0.05) is 29.3 Å². The highest BCUT2D eigenvalue weighted by molar-refractivity contribution is 6.33. The molecule has 7 nitrogen and oxygen atoms in total. The van der Waals surface area contributed by atoms with Crippen LogP contribution in [0.3, 0.4) is 0 Å². The average Bonchev–Trinajstić information content (AvgIpc) is 3.19. The molecule has 0 atom stereocenters. The Labute approximate surface area is 174 Å². The van der Waals surface area contributed by atoms with Crippen LogP contribution in [0.25, 0.3) is 11.1 Å². The lowest BCUT2D eigenvalue weighted by Crippen LogP contribution is -2.25. The van der Waals surface area contributed by atoms with E-state index in [1.807, 2.05) is 13.8 Å². The first-order valence-electron chi connectivity index (χ1n) is 8.98. The normalized spacial score (nSPS) is 14.2. The van der Waals surface area contributed by atoms with Crippen molar-refractivity contribution in [2.45, 2.75) is 33.0 Å². The van der Waals surface area contributed by atoms with Gasteiger partial charge in [-0.1, -0.05) is 30.6 Å². The Morgan fingerprint density at radius 3 is 2.53 bits per heavy atom. The van der Waals surface area contributed by atoms with E-state index in [1.54, 1.807) is 19.1 Å². The van der Waals surface area contributed by atoms with Crippen LogP contribution in [0.4, 0.5) is 14.6 Å². The molecule has 1 aromatic carbocycles. The van der Waals surface area contributed by atoms with E-state index in [1.165, 1.54) is 18.3 Å². The number of aryl methyl sites for hydroxylation is 1. The van der Waals surface area contributed by atoms with Gasteiger partial charge in [-0.2, -0.15) is 0 Å². The number of hydrogen-bond donors (Lipinski definition) is 1. The summed E-state index contributed by atoms with van der Waals surface area (Å²) in [6.45, 7) is 5.48. The standard InChI is InChI=1S/C20H16ClF2N3O4/c1-9(2)18-17(10(3)26-30-18)19(27)25-16-5-4-11(8-24-16)12-6-14-15(7-13(12)21)29-20(22,23)28-14/h4-9H,1-3H3,(H,24,25,27). The Balaban J connectivity index is 1.56. The number of carbonyl (C=O) groups is 1. The summed E-state index contributed by atoms with van der Waals surface area (Å²) >= 11 is 6.20. The summed E-state index contributed by atoms with van der Waals surface area (Å²) in [4.78, 5) is 16.9. The smallest absolute Gasteiger partial charge is 0.395 e. The topological polar surface area (TPSA) is 86.5 Å². The lowest BCUT2D eigenvalue weighted by Gasteiger charge is -2.09. The van der Waals surface area contributed by atoms with Gasteiger partial charge in [-0.25, -0.2) is 4.98 Å². The minimum Gasteiger partial charge on any atom is -0.395 e. The van der Waals surface area contributed by atoms with E-state index in [-0.39, 0.29) is 28.3 Å². The minimum absolute atomic E-state index is 0.0113. The molecule has 3 aromatic rings. The second-order valence-electron chi connectivity index (χ2n) is 6.99. The Bertz CT molecular complexity index is 1130. The van der Waals surface area contributed by atoms with E-state index in [0.29, 0.717) is 34.0 Å². The Morgan fingerprint density at radius 2 is 1.90 bits per heavy atom. The molecule has 0 spiro atoms. The number of nitrogens with one attached hydrogen (secondary N) is 1. The van der Waals surface area contributed by atoms with Crippen molar-refractivity contribution < 1.29 is 27.6 Å². The van der Waals surface area contributed by atoms with Crippen molar-refractivity contribution in [1.29, 1.82) is 0 Å². The Kier molecular flexibility index (Phi) is 4.85. The average molecular weight is 436 g/mol. The van der Waals surface area contributed by atoms with E-state index in [0.717, 1.165) is 0 Å². The molecular weight excluding hydrogens is 420 g/mol. The van der Waals surface area contributed by atoms with Crippen LogP contribution in [0, 0.1) is 6.92 Å². The zero-order valence-electron chi connectivity index (χ0n) is 16.1. The highest BCUT2D eigenvalue weighted by Gasteiger charge is 2.43. The number of carbonyl (C=O) groups excluding carboxylic acids is 1. The van der Waals surface area contributed by atoms with Crippen molar-refractivity contribution in [2.75, 3.05) is 5.32 Å². The number of pyridine rings is 1. The van der Waals surface area contributed by atoms with Crippen molar-refractivity contribution in [3.8, 4) is 22.6 Å². The SMILES string of the molecule is Cc1noc(C(C)C)c1C(=O)Nc1ccc(-c2cc3c(cc2Cl)OC(F)(F)O3)cn1. The Hall–Kier alpha value is -3.20. The van der Waals surface area contributed by atoms with Gasteiger partial charge in [-0.05, 0) is 25.1 Å². The highest BCUT2D eigenvalue weighted by Crippen LogP contribution is 2.46. The van der Waals surface area contributed by atoms with Crippen LogP contribution in [0.1, 0.15) is 41.6 Å². The number of halogens is 3. The number of ether oxygens (including phenoxy) is 2. The summed E-state index contributed by atoms with van der Waals surface area (Å²) in [7, 11) is 0. The molecule has 0 fully saturated rings. The number of amides is 1. The molecule has 1 amide bonds. The number of benzene rings is 1. The largest absolute Gasteiger partial charge is 0.586 e. The summed E-state index contributed by atoms with van der Waals surface area (Å²) in [5.41, 5.74) is 1.83. The van der Waals surface area contributed by atoms with Crippen molar-refractivity contribution in [3.05, 3.63) is 52.5 Å². The summed E-state index contributed by atoms with van der Waals surface area (Å²) in [5.74, 6) is 0.119. The fourth-order valence-corrected chi connectivity index (χ4v) is 3.32. The maximum absolute atomic E-state index is 13.2. The first-order valence-corrected chi connectivity index (χ1v) is 9.36. The van der Waals surface area contributed by atoms with Crippen molar-refractivity contribution >= 4 is 23.3 Å². The molecule has 1 aliphatic rings. The predicted molar refractivity (Wildman–Crippen MR) is 104 cm³/mol. The third-order valence-corrected chi connectivity index (χ3v) is 4.76. The van der Waals surface area contributed by atoms with Gasteiger partial charge < -0.3 is 19.3 Å². The van der Waals surface area contributed by atoms with Gasteiger partial charge in [0.05, 0.1) is 10.7 Å². The minimum atomic E-state index is -3.73. The van der Waals surface area contributed by atoms with Gasteiger partial charge in [0.25, 0.3) is 5.91 Å². The third-order valence-electron chi connectivity index (χ3n) is 4.45. The molecule has 1 N–H and O–H groups in total. The van der Waals surface area contributed by atoms with Gasteiger partial charge in [0.1, 0.15) is 11.4 Å². The van der Waals surface area contributed by atoms with Gasteiger partial charge in [0.2, 0.25) is 0 Å². The lowest BCUT2D eigenvalue weighted by atomic mass is 10.0. The van der Waals surface area contributed by atoms with Gasteiger partial charge in [-0.15, -0.1) is 8.78 Å². The number of alkyl halides is 2. The van der Waals surface area contributed by atoms with Crippen LogP contribution in [-0.2, 0) is 0 Å². The van der Waals surface area contributed by atoms with E-state index < -0.39 is 6.29 Å². The monoisotopic (exact) mass is 435 g/mol. The fourth-order valence-electron chi connectivity index (χ4n) is 3.06. The van der Waals surface area contributed by atoms with Crippen LogP contribution in [0.5, 0.6) is 11.5 Å². The molecule has 10 heteroatoms. The molecule has 0 radical (unpaired) electrons. The number of fused-ring (bicyclic) bond motifs is 1. The number of nitrogens with zero attached hydrogens (tertiary/aromatic N) is 2. The van der Waals surface area contributed by atoms with E-state index in [4.69, 9.17) is 16.1 Å². The number of anilines is 1. The van der Waals surface area contributed by atoms with Gasteiger partial charge in [-0.3, -0.25) is 4.79 Å². The molecule has 2 aromatic heterocycles. The Morgan fingerprint density at radius 1 is 1.20 bits per heavy atom. The first kappa shape index (κ1) is 20.1. The number of hydrogen-bond acceptors (Lipinski definition) is 6. The van der Waals surface area contributed by atoms with Crippen molar-refractivity contribution in [3.63, 3.8) is 0 Å². The fraction of sp³-hybridized carbons (Fsp3) is 0.250. The summed E-state index contributed by atoms with van der Waals surface area (Å²) < 4.78 is 40.6. The van der Waals surface area contributed by atoms with Crippen LogP contribution < -0.4 is 14.8 Å². The van der Waals surface area contributed by atoms with Gasteiger partial charge in [0.15, 0.2) is 17.3 Å². The molecule has 30 heavy (non-hydrogen) atoms. The highest BCUT2D eigenvalue weighted by atomic mass is 35.5. The summed E-state index contributed by atoms with van der Waals surface area (Å²) in [6.07, 6.45) is -2.27. The quantitative estimate of drug-likeness (QED) is 0.590. The molecule has 4 rings (SSSR count). The van der Waals surface area contributed by atoms with Crippen LogP contribution >= 0.6 is 11.6 Å². The second-order valence-corrected chi connectivity index (χ2v) is 7.40. The molecule has 1 aliphatic heterocycles. The molecule has 0 saturated heterocycles. The maximum atomic E-state index is 13.2. The maximum Gasteiger partial charge on any atom is 0.586 e. The van der Waals surface area contributed by atoms with Crippen molar-refractivity contribution in [1.82, 2.24) is 10.1 Å². The van der Waals surface area contributed by atoms with Gasteiger partial charge >= 0.3 is 6.29 Å². The summed E-state index contributed by atoms with van der Waals surface area (Å²) in [5, 5.41) is 6.75. The molecule has 0 unspecified atom stereocenters. The summed E-state index contributed by atoms with van der Waals surface area (Å²) in [6, 6.07) is 5.82. The second kappa shape index (κ2) is 7.24. The molecular formula is C20H16ClF2N3O4. The van der Waals surface area contributed by atoms with E-state index >= 15 is 0 Å². The molecule has 0 saturated carbocycles. The zero-order chi connectivity index (χ0) is 21.6. The molecule has 156 valence electrons. The predicted octanol–water partition coefficient (Wildman–Crippen LogP) is 5.40. The zero-order valence-corrected chi connectivity index (χ0v) is 16.9. The van der Waals surface area contributed by atoms with Crippen LogP contribution in [0.2, 0.25) is 5.02 Å². The van der Waals surface area contributed by atoms with Crippen molar-refractivity contribution in [2.24, 2.45) is 0 Å². The first-order chi connectivity index (χ1) is 14.1. The molecule has 3 heterocycles. The number of rotatable bonds is 4. The van der Waals surface area contributed by atoms with E-state index in [2.05, 4.69) is 24.9 Å². The lowest BCUT2D eigenvalue weighted by molar-refractivity contribution is -0.286.